The van der Waals surface area contributed by atoms with E-state index >= 15 is 0 Å². The summed E-state index contributed by atoms with van der Waals surface area (Å²) < 4.78 is 15.4. The van der Waals surface area contributed by atoms with Crippen LogP contribution in [-0.4, -0.2) is 62.7 Å². The minimum Gasteiger partial charge on any atom is -0.448 e. The molecule has 0 saturated heterocycles. The van der Waals surface area contributed by atoms with Gasteiger partial charge in [-0.15, -0.1) is 0 Å². The fourth-order valence-electron chi connectivity index (χ4n) is 6.92. The molecule has 2 aromatic heterocycles. The van der Waals surface area contributed by atoms with Crippen LogP contribution in [-0.2, 0) is 13.0 Å². The number of nitrogens with one attached hydrogen (secondary N) is 1. The summed E-state index contributed by atoms with van der Waals surface area (Å²) in [6, 6.07) is 2.53. The molecule has 0 spiro atoms. The molecule has 4 heterocycles. The molecule has 1 aliphatic carbocycles. The van der Waals surface area contributed by atoms with E-state index < -0.39 is 5.79 Å². The molecular formula is C31H39N5O4. The van der Waals surface area contributed by atoms with Crippen molar-refractivity contribution < 1.29 is 14.3 Å². The van der Waals surface area contributed by atoms with Gasteiger partial charge in [0.1, 0.15) is 0 Å². The number of benzene rings is 1. The summed E-state index contributed by atoms with van der Waals surface area (Å²) >= 11 is 0. The molecule has 212 valence electrons. The first kappa shape index (κ1) is 26.6. The number of rotatable bonds is 5. The Kier molecular flexibility index (Phi) is 6.52. The van der Waals surface area contributed by atoms with Crippen LogP contribution in [0.25, 0.3) is 5.69 Å². The molecular weight excluding hydrogens is 506 g/mol. The lowest BCUT2D eigenvalue weighted by atomic mass is 9.81. The van der Waals surface area contributed by atoms with Gasteiger partial charge in [-0.2, -0.15) is 0 Å². The van der Waals surface area contributed by atoms with Gasteiger partial charge in [0, 0.05) is 54.6 Å². The molecule has 9 nitrogen and oxygen atoms in total. The Morgan fingerprint density at radius 1 is 1.10 bits per heavy atom. The Bertz CT molecular complexity index is 1520. The van der Waals surface area contributed by atoms with Gasteiger partial charge in [0.05, 0.1) is 24.1 Å². The van der Waals surface area contributed by atoms with Crippen LogP contribution in [0, 0.1) is 26.7 Å². The number of nitrogens with zero attached hydrogens (tertiary/aromatic N) is 4. The SMILES string of the molecule is Cc1cc(C)c(CN2CCc3c(c(C)c4c(c3-n3ccnc3)O[C@](C)([C@H]3CC[C@H](N(C)C)CC3)O4)C2=O)c(=O)[nH]1. The van der Waals surface area contributed by atoms with Crippen LogP contribution >= 0.6 is 0 Å². The number of carbonyl (C=O) groups is 1. The predicted molar refractivity (Wildman–Crippen MR) is 152 cm³/mol. The lowest BCUT2D eigenvalue weighted by molar-refractivity contribution is -0.123. The maximum absolute atomic E-state index is 14.1. The summed E-state index contributed by atoms with van der Waals surface area (Å²) in [5.41, 5.74) is 5.39. The summed E-state index contributed by atoms with van der Waals surface area (Å²) in [5.74, 6) is 0.675. The number of H-pyrrole nitrogens is 1. The zero-order valence-corrected chi connectivity index (χ0v) is 24.3. The van der Waals surface area contributed by atoms with Gasteiger partial charge >= 0.3 is 0 Å². The zero-order valence-electron chi connectivity index (χ0n) is 24.3. The van der Waals surface area contributed by atoms with Crippen LogP contribution in [0.15, 0.2) is 29.6 Å². The molecule has 3 aromatic rings. The third-order valence-electron chi connectivity index (χ3n) is 9.24. The summed E-state index contributed by atoms with van der Waals surface area (Å²) in [6.07, 6.45) is 10.2. The number of fused-ring (bicyclic) bond motifs is 2. The van der Waals surface area contributed by atoms with E-state index in [9.17, 15) is 9.59 Å². The molecule has 40 heavy (non-hydrogen) atoms. The second-order valence-electron chi connectivity index (χ2n) is 12.1. The van der Waals surface area contributed by atoms with Crippen molar-refractivity contribution in [2.24, 2.45) is 5.92 Å². The maximum Gasteiger partial charge on any atom is 0.254 e. The molecule has 1 N–H and O–H groups in total. The number of amides is 1. The second-order valence-corrected chi connectivity index (χ2v) is 12.1. The van der Waals surface area contributed by atoms with E-state index in [-0.39, 0.29) is 23.9 Å². The first-order valence-corrected chi connectivity index (χ1v) is 14.3. The highest BCUT2D eigenvalue weighted by atomic mass is 16.7. The predicted octanol–water partition coefficient (Wildman–Crippen LogP) is 4.29. The lowest BCUT2D eigenvalue weighted by Crippen LogP contribution is -2.46. The van der Waals surface area contributed by atoms with E-state index in [2.05, 4.69) is 29.0 Å². The number of hydrogen-bond acceptors (Lipinski definition) is 6. The normalized spacial score (nSPS) is 24.1. The van der Waals surface area contributed by atoms with Crippen LogP contribution in [0.3, 0.4) is 0 Å². The van der Waals surface area contributed by atoms with Crippen LogP contribution < -0.4 is 15.0 Å². The summed E-state index contributed by atoms with van der Waals surface area (Å²) in [7, 11) is 4.29. The van der Waals surface area contributed by atoms with Crippen LogP contribution in [0.4, 0.5) is 0 Å². The number of imidazole rings is 1. The molecule has 0 bridgehead atoms. The van der Waals surface area contributed by atoms with Crippen molar-refractivity contribution in [2.45, 2.75) is 78.2 Å². The molecule has 1 aromatic carbocycles. The quantitative estimate of drug-likeness (QED) is 0.514. The molecule has 0 radical (unpaired) electrons. The number of carbonyl (C=O) groups excluding carboxylic acids is 1. The zero-order chi connectivity index (χ0) is 28.3. The topological polar surface area (TPSA) is 92.7 Å². The van der Waals surface area contributed by atoms with E-state index in [1.54, 1.807) is 17.4 Å². The Morgan fingerprint density at radius 2 is 1.82 bits per heavy atom. The number of aryl methyl sites for hydroxylation is 2. The Balaban J connectivity index is 1.38. The van der Waals surface area contributed by atoms with Crippen LogP contribution in [0.2, 0.25) is 0 Å². The molecule has 2 aliphatic heterocycles. The average molecular weight is 546 g/mol. The standard InChI is InChI=1S/C31H39N5O4/c1-18-15-19(2)33-29(37)24(18)16-35-13-11-23-25(30(35)38)20(3)27-28(26(23)36-14-12-32-17-36)40-31(4,39-27)21-7-9-22(10-8-21)34(5)6/h12,14-15,17,21-22H,7-11,13,16H2,1-6H3,(H,33,37)/t21-,22-,31-/m1/s1. The molecule has 1 fully saturated rings. The van der Waals surface area contributed by atoms with Crippen molar-refractivity contribution >= 4 is 5.91 Å². The average Bonchev–Trinajstić information content (AvgIpc) is 3.56. The van der Waals surface area contributed by atoms with Crippen molar-refractivity contribution in [3.63, 3.8) is 0 Å². The second kappa shape index (κ2) is 9.80. The molecule has 0 unspecified atom stereocenters. The largest absolute Gasteiger partial charge is 0.448 e. The van der Waals surface area contributed by atoms with Gasteiger partial charge in [-0.1, -0.05) is 0 Å². The van der Waals surface area contributed by atoms with Gasteiger partial charge in [0.25, 0.3) is 17.3 Å². The smallest absolute Gasteiger partial charge is 0.254 e. The highest BCUT2D eigenvalue weighted by molar-refractivity contribution is 6.01. The van der Waals surface area contributed by atoms with Crippen LogP contribution in [0.1, 0.15) is 70.9 Å². The minimum absolute atomic E-state index is 0.0917. The minimum atomic E-state index is -0.807. The van der Waals surface area contributed by atoms with Gasteiger partial charge in [-0.05, 0) is 84.2 Å². The van der Waals surface area contributed by atoms with Gasteiger partial charge < -0.3 is 28.8 Å². The Labute approximate surface area is 235 Å². The van der Waals surface area contributed by atoms with Crippen molar-refractivity contribution in [1.82, 2.24) is 24.3 Å². The van der Waals surface area contributed by atoms with E-state index in [1.807, 2.05) is 44.5 Å². The third kappa shape index (κ3) is 4.31. The first-order chi connectivity index (χ1) is 19.1. The molecule has 1 saturated carbocycles. The van der Waals surface area contributed by atoms with Gasteiger partial charge in [0.2, 0.25) is 0 Å². The molecule has 6 rings (SSSR count). The van der Waals surface area contributed by atoms with E-state index in [0.717, 1.165) is 53.8 Å². The summed E-state index contributed by atoms with van der Waals surface area (Å²) in [6.45, 7) is 8.56. The Hall–Kier alpha value is -3.59. The van der Waals surface area contributed by atoms with Gasteiger partial charge in [-0.3, -0.25) is 9.59 Å². The molecule has 3 aliphatic rings. The van der Waals surface area contributed by atoms with Crippen molar-refractivity contribution in [3.05, 3.63) is 68.7 Å². The number of aromatic nitrogens is 3. The fraction of sp³-hybridized carbons (Fsp3) is 0.516. The third-order valence-corrected chi connectivity index (χ3v) is 9.24. The number of ether oxygens (including phenoxy) is 2. The number of pyridine rings is 1. The van der Waals surface area contributed by atoms with Gasteiger partial charge in [-0.25, -0.2) is 4.98 Å². The summed E-state index contributed by atoms with van der Waals surface area (Å²) in [4.78, 5) is 38.1. The van der Waals surface area contributed by atoms with Crippen molar-refractivity contribution in [3.8, 4) is 17.2 Å². The van der Waals surface area contributed by atoms with Crippen LogP contribution in [0.5, 0.6) is 11.5 Å². The lowest BCUT2D eigenvalue weighted by Gasteiger charge is -2.39. The highest BCUT2D eigenvalue weighted by Gasteiger charge is 2.49. The van der Waals surface area contributed by atoms with E-state index in [4.69, 9.17) is 9.47 Å². The molecule has 9 heteroatoms. The first-order valence-electron chi connectivity index (χ1n) is 14.3. The highest BCUT2D eigenvalue weighted by Crippen LogP contribution is 2.53. The van der Waals surface area contributed by atoms with Gasteiger partial charge in [0.15, 0.2) is 11.5 Å². The fourth-order valence-corrected chi connectivity index (χ4v) is 6.92. The Morgan fingerprint density at radius 3 is 2.48 bits per heavy atom. The van der Waals surface area contributed by atoms with E-state index in [1.165, 1.54) is 0 Å². The van der Waals surface area contributed by atoms with E-state index in [0.29, 0.717) is 41.6 Å². The number of aromatic amines is 1. The van der Waals surface area contributed by atoms with Crippen molar-refractivity contribution in [1.29, 1.82) is 0 Å². The summed E-state index contributed by atoms with van der Waals surface area (Å²) in [5, 5.41) is 0. The maximum atomic E-state index is 14.1. The monoisotopic (exact) mass is 545 g/mol. The molecule has 1 atom stereocenters. The molecule has 1 amide bonds. The number of hydrogen-bond donors (Lipinski definition) is 1. The van der Waals surface area contributed by atoms with Crippen molar-refractivity contribution in [2.75, 3.05) is 20.6 Å².